The minimum Gasteiger partial charge on any atom is -0.409 e. The zero-order chi connectivity index (χ0) is 16.2. The molecule has 118 valence electrons. The summed E-state index contributed by atoms with van der Waals surface area (Å²) in [5.74, 6) is 0.509. The summed E-state index contributed by atoms with van der Waals surface area (Å²) in [5, 5.41) is 4.44. The van der Waals surface area contributed by atoms with Crippen LogP contribution in [-0.4, -0.2) is 26.7 Å². The lowest BCUT2D eigenvalue weighted by Crippen LogP contribution is -2.22. The van der Waals surface area contributed by atoms with Crippen LogP contribution in [0.15, 0.2) is 57.7 Å². The molecule has 0 saturated carbocycles. The Bertz CT molecular complexity index is 829. The van der Waals surface area contributed by atoms with E-state index in [1.165, 1.54) is 5.56 Å². The maximum Gasteiger partial charge on any atom is 0.288 e. The summed E-state index contributed by atoms with van der Waals surface area (Å²) in [6.07, 6.45) is 3.40. The second kappa shape index (κ2) is 7.16. The fraction of sp³-hybridized carbons (Fsp3) is 0.188. The van der Waals surface area contributed by atoms with E-state index in [1.54, 1.807) is 17.1 Å². The molecule has 0 N–H and O–H groups in total. The number of hydrogen-bond donors (Lipinski definition) is 0. The molecule has 5 nitrogen and oxygen atoms in total. The Morgan fingerprint density at radius 3 is 2.57 bits per heavy atom. The molecular formula is C16H15BrN4OS. The SMILES string of the molecule is CN(Cc1ccc(Br)cc1)Cn1nc(-c2ccncc2)oc1=S. The van der Waals surface area contributed by atoms with Gasteiger partial charge in [0.25, 0.3) is 4.84 Å². The van der Waals surface area contributed by atoms with Crippen molar-refractivity contribution in [1.29, 1.82) is 0 Å². The van der Waals surface area contributed by atoms with Gasteiger partial charge >= 0.3 is 0 Å². The highest BCUT2D eigenvalue weighted by atomic mass is 79.9. The normalized spacial score (nSPS) is 11.1. The van der Waals surface area contributed by atoms with Crippen LogP contribution in [0.5, 0.6) is 0 Å². The topological polar surface area (TPSA) is 47.1 Å². The van der Waals surface area contributed by atoms with Crippen molar-refractivity contribution in [1.82, 2.24) is 19.7 Å². The maximum atomic E-state index is 5.57. The van der Waals surface area contributed by atoms with Gasteiger partial charge in [0.15, 0.2) is 0 Å². The van der Waals surface area contributed by atoms with E-state index >= 15 is 0 Å². The quantitative estimate of drug-likeness (QED) is 0.613. The Kier molecular flexibility index (Phi) is 5.00. The minimum absolute atomic E-state index is 0.361. The largest absolute Gasteiger partial charge is 0.409 e. The number of hydrogen-bond acceptors (Lipinski definition) is 5. The van der Waals surface area contributed by atoms with Crippen molar-refractivity contribution < 1.29 is 4.42 Å². The van der Waals surface area contributed by atoms with Crippen LogP contribution >= 0.6 is 28.1 Å². The predicted octanol–water partition coefficient (Wildman–Crippen LogP) is 4.12. The number of benzene rings is 1. The summed E-state index contributed by atoms with van der Waals surface area (Å²) in [6.45, 7) is 1.36. The monoisotopic (exact) mass is 390 g/mol. The van der Waals surface area contributed by atoms with E-state index in [4.69, 9.17) is 16.6 Å². The molecule has 2 aromatic heterocycles. The van der Waals surface area contributed by atoms with Crippen molar-refractivity contribution in [3.05, 3.63) is 63.7 Å². The smallest absolute Gasteiger partial charge is 0.288 e. The molecule has 1 aromatic carbocycles. The second-order valence-corrected chi connectivity index (χ2v) is 6.46. The number of rotatable bonds is 5. The van der Waals surface area contributed by atoms with Crippen molar-refractivity contribution in [2.45, 2.75) is 13.2 Å². The third kappa shape index (κ3) is 4.13. The van der Waals surface area contributed by atoms with Crippen LogP contribution < -0.4 is 0 Å². The van der Waals surface area contributed by atoms with Crippen molar-refractivity contribution >= 4 is 28.1 Å². The fourth-order valence-electron chi connectivity index (χ4n) is 2.19. The molecule has 7 heteroatoms. The lowest BCUT2D eigenvalue weighted by atomic mass is 10.2. The fourth-order valence-corrected chi connectivity index (χ4v) is 2.63. The van der Waals surface area contributed by atoms with Gasteiger partial charge in [-0.05, 0) is 49.1 Å². The van der Waals surface area contributed by atoms with Gasteiger partial charge < -0.3 is 4.42 Å². The first kappa shape index (κ1) is 16.0. The average molecular weight is 391 g/mol. The average Bonchev–Trinajstić information content (AvgIpc) is 2.91. The first-order valence-corrected chi connectivity index (χ1v) is 8.23. The molecule has 0 aliphatic heterocycles. The van der Waals surface area contributed by atoms with Gasteiger partial charge in [0.1, 0.15) is 0 Å². The van der Waals surface area contributed by atoms with Gasteiger partial charge in [0.05, 0.1) is 6.67 Å². The first-order valence-electron chi connectivity index (χ1n) is 7.03. The molecule has 0 spiro atoms. The third-order valence-electron chi connectivity index (χ3n) is 3.27. The molecule has 2 heterocycles. The van der Waals surface area contributed by atoms with E-state index in [2.05, 4.69) is 43.0 Å². The van der Waals surface area contributed by atoms with Crippen molar-refractivity contribution in [2.24, 2.45) is 0 Å². The van der Waals surface area contributed by atoms with Gasteiger partial charge in [-0.25, -0.2) is 4.68 Å². The van der Waals surface area contributed by atoms with Crippen LogP contribution in [0.4, 0.5) is 0 Å². The van der Waals surface area contributed by atoms with Gasteiger partial charge in [-0.15, -0.1) is 5.10 Å². The minimum atomic E-state index is 0.361. The molecule has 3 rings (SSSR count). The molecule has 3 aromatic rings. The highest BCUT2D eigenvalue weighted by Gasteiger charge is 2.10. The summed E-state index contributed by atoms with van der Waals surface area (Å²) >= 11 is 8.70. The van der Waals surface area contributed by atoms with E-state index in [0.717, 1.165) is 16.6 Å². The second-order valence-electron chi connectivity index (χ2n) is 5.19. The summed E-state index contributed by atoms with van der Waals surface area (Å²) in [4.78, 5) is 6.47. The van der Waals surface area contributed by atoms with Gasteiger partial charge in [-0.1, -0.05) is 28.1 Å². The predicted molar refractivity (Wildman–Crippen MR) is 94.2 cm³/mol. The van der Waals surface area contributed by atoms with E-state index in [-0.39, 0.29) is 0 Å². The Labute approximate surface area is 147 Å². The Morgan fingerprint density at radius 1 is 1.17 bits per heavy atom. The Morgan fingerprint density at radius 2 is 1.87 bits per heavy atom. The van der Waals surface area contributed by atoms with Crippen LogP contribution in [0.3, 0.4) is 0 Å². The molecular weight excluding hydrogens is 376 g/mol. The van der Waals surface area contributed by atoms with Gasteiger partial charge in [-0.3, -0.25) is 9.88 Å². The molecule has 0 aliphatic rings. The van der Waals surface area contributed by atoms with Crippen molar-refractivity contribution in [3.63, 3.8) is 0 Å². The molecule has 23 heavy (non-hydrogen) atoms. The third-order valence-corrected chi connectivity index (χ3v) is 4.10. The standard InChI is InChI=1S/C16H15BrN4OS/c1-20(10-12-2-4-14(17)5-3-12)11-21-16(23)22-15(19-21)13-6-8-18-9-7-13/h2-9H,10-11H2,1H3. The van der Waals surface area contributed by atoms with Gasteiger partial charge in [-0.2, -0.15) is 0 Å². The van der Waals surface area contributed by atoms with Gasteiger partial charge in [0, 0.05) is 29.0 Å². The highest BCUT2D eigenvalue weighted by Crippen LogP contribution is 2.17. The molecule has 0 radical (unpaired) electrons. The van der Waals surface area contributed by atoms with E-state index in [1.807, 2.05) is 31.3 Å². The number of pyridine rings is 1. The lowest BCUT2D eigenvalue weighted by Gasteiger charge is -2.15. The van der Waals surface area contributed by atoms with E-state index < -0.39 is 0 Å². The number of halogens is 1. The lowest BCUT2D eigenvalue weighted by molar-refractivity contribution is 0.240. The first-order chi connectivity index (χ1) is 11.1. The molecule has 0 amide bonds. The molecule has 0 bridgehead atoms. The Hall–Kier alpha value is -1.83. The van der Waals surface area contributed by atoms with Gasteiger partial charge in [0.2, 0.25) is 5.89 Å². The zero-order valence-electron chi connectivity index (χ0n) is 12.5. The molecule has 0 saturated heterocycles. The van der Waals surface area contributed by atoms with Crippen molar-refractivity contribution in [3.8, 4) is 11.5 Å². The van der Waals surface area contributed by atoms with E-state index in [9.17, 15) is 0 Å². The summed E-state index contributed by atoms with van der Waals surface area (Å²) < 4.78 is 8.33. The zero-order valence-corrected chi connectivity index (χ0v) is 14.9. The Balaban J connectivity index is 1.71. The summed E-state index contributed by atoms with van der Waals surface area (Å²) in [5.41, 5.74) is 2.08. The van der Waals surface area contributed by atoms with Crippen LogP contribution in [0, 0.1) is 4.84 Å². The van der Waals surface area contributed by atoms with Crippen LogP contribution in [0.1, 0.15) is 5.56 Å². The molecule has 0 fully saturated rings. The summed E-state index contributed by atoms with van der Waals surface area (Å²) in [7, 11) is 2.02. The van der Waals surface area contributed by atoms with Crippen molar-refractivity contribution in [2.75, 3.05) is 7.05 Å². The summed E-state index contributed by atoms with van der Waals surface area (Å²) in [6, 6.07) is 11.9. The highest BCUT2D eigenvalue weighted by molar-refractivity contribution is 9.10. The molecule has 0 atom stereocenters. The van der Waals surface area contributed by atoms with Crippen LogP contribution in [-0.2, 0) is 13.2 Å². The number of aromatic nitrogens is 3. The van der Waals surface area contributed by atoms with Crippen LogP contribution in [0.25, 0.3) is 11.5 Å². The molecule has 0 unspecified atom stereocenters. The molecule has 0 aliphatic carbocycles. The maximum absolute atomic E-state index is 5.57. The van der Waals surface area contributed by atoms with E-state index in [0.29, 0.717) is 17.4 Å². The number of nitrogens with zero attached hydrogens (tertiary/aromatic N) is 4. The van der Waals surface area contributed by atoms with Crippen LogP contribution in [0.2, 0.25) is 0 Å².